The first-order valence-electron chi connectivity index (χ1n) is 1.39. The maximum absolute atomic E-state index is 9.59. The molecule has 4 nitrogen and oxygen atoms in total. The zero-order valence-corrected chi connectivity index (χ0v) is 5.39. The van der Waals surface area contributed by atoms with Crippen molar-refractivity contribution < 1.29 is 18.7 Å². The smallest absolute Gasteiger partial charge is 0.347 e. The van der Waals surface area contributed by atoms with Crippen LogP contribution in [0.25, 0.3) is 0 Å². The summed E-state index contributed by atoms with van der Waals surface area (Å²) in [5.74, 6) is 0. The summed E-state index contributed by atoms with van der Waals surface area (Å²) in [5.41, 5.74) is 0. The Labute approximate surface area is 43.0 Å². The van der Waals surface area contributed by atoms with E-state index in [0.717, 1.165) is 0 Å². The van der Waals surface area contributed by atoms with E-state index in [1.54, 1.807) is 0 Å². The Balaban J connectivity index is 3.13. The Kier molecular flexibility index (Phi) is 3.62. The summed E-state index contributed by atoms with van der Waals surface area (Å²) in [6, 6.07) is 0. The topological polar surface area (TPSA) is 66.8 Å². The largest absolute Gasteiger partial charge is 0.700 e. The Hall–Kier alpha value is 0.410. The summed E-state index contributed by atoms with van der Waals surface area (Å²) in [5, 5.41) is 0. The summed E-state index contributed by atoms with van der Waals surface area (Å²) < 4.78 is 13.5. The second-order valence-corrected chi connectivity index (χ2v) is 2.84. The van der Waals surface area contributed by atoms with Crippen LogP contribution in [0.15, 0.2) is 0 Å². The van der Waals surface area contributed by atoms with Gasteiger partial charge < -0.3 is 4.89 Å². The molecular weight excluding hydrogens is 138 g/mol. The molecule has 2 atom stereocenters. The third-order valence-electron chi connectivity index (χ3n) is 0.188. The second kappa shape index (κ2) is 3.42. The summed E-state index contributed by atoms with van der Waals surface area (Å²) in [4.78, 5) is 16.1. The van der Waals surface area contributed by atoms with Crippen molar-refractivity contribution >= 4 is 16.6 Å². The second-order valence-electron chi connectivity index (χ2n) is 0.784. The first-order valence-corrected chi connectivity index (χ1v) is 4.18. The van der Waals surface area contributed by atoms with Crippen molar-refractivity contribution in [3.8, 4) is 0 Å². The first kappa shape index (κ1) is 7.41. The molecule has 2 unspecified atom stereocenters. The summed E-state index contributed by atoms with van der Waals surface area (Å²) in [6.07, 6.45) is 0. The Morgan fingerprint density at radius 3 is 2.29 bits per heavy atom. The van der Waals surface area contributed by atoms with Crippen LogP contribution in [0.4, 0.5) is 0 Å². The van der Waals surface area contributed by atoms with Gasteiger partial charge in [0.2, 0.25) is 8.38 Å². The van der Waals surface area contributed by atoms with Crippen LogP contribution in [-0.2, 0) is 8.88 Å². The Bertz CT molecular complexity index is 70.1. The molecule has 0 fully saturated rings. The van der Waals surface area contributed by atoms with Gasteiger partial charge in [-0.15, -0.1) is 4.89 Å². The van der Waals surface area contributed by atoms with E-state index in [1.165, 1.54) is 6.66 Å². The van der Waals surface area contributed by atoms with E-state index in [0.29, 0.717) is 0 Å². The van der Waals surface area contributed by atoms with E-state index < -0.39 is 16.6 Å². The van der Waals surface area contributed by atoms with E-state index in [4.69, 9.17) is 9.79 Å². The van der Waals surface area contributed by atoms with E-state index in [1.807, 2.05) is 0 Å². The lowest BCUT2D eigenvalue weighted by Crippen LogP contribution is -1.66. The van der Waals surface area contributed by atoms with Crippen LogP contribution < -0.4 is 0 Å². The highest BCUT2D eigenvalue weighted by Crippen LogP contribution is 2.37. The maximum atomic E-state index is 9.59. The Morgan fingerprint density at radius 2 is 2.29 bits per heavy atom. The average Bonchev–Trinajstić information content (AvgIpc) is 1.27. The highest BCUT2D eigenvalue weighted by Gasteiger charge is 2.16. The molecule has 6 heteroatoms. The molecule has 0 aliphatic carbocycles. The SMILES string of the molecule is CP(O)O[P+](=O)O. The fourth-order valence-corrected chi connectivity index (χ4v) is 0.910. The minimum atomic E-state index is -2.61. The third kappa shape index (κ3) is 6.41. The van der Waals surface area contributed by atoms with Gasteiger partial charge in [0.15, 0.2) is 0 Å². The van der Waals surface area contributed by atoms with Gasteiger partial charge in [0, 0.05) is 11.2 Å². The first-order chi connectivity index (χ1) is 3.13. The minimum absolute atomic E-state index is 1.32. The molecule has 0 aliphatic rings. The van der Waals surface area contributed by atoms with Gasteiger partial charge in [-0.3, -0.25) is 0 Å². The molecule has 0 radical (unpaired) electrons. The van der Waals surface area contributed by atoms with E-state index in [-0.39, 0.29) is 0 Å². The van der Waals surface area contributed by atoms with Crippen molar-refractivity contribution in [2.75, 3.05) is 6.66 Å². The summed E-state index contributed by atoms with van der Waals surface area (Å²) in [7, 11) is -4.28. The number of hydrogen-bond acceptors (Lipinski definition) is 3. The lowest BCUT2D eigenvalue weighted by molar-refractivity contribution is 0.403. The number of rotatable bonds is 2. The zero-order chi connectivity index (χ0) is 5.86. The van der Waals surface area contributed by atoms with Crippen molar-refractivity contribution in [2.24, 2.45) is 0 Å². The predicted octanol–water partition coefficient (Wildman–Crippen LogP) is 0.587. The molecule has 2 N–H and O–H groups in total. The van der Waals surface area contributed by atoms with Crippen LogP contribution in [0.1, 0.15) is 0 Å². The van der Waals surface area contributed by atoms with Crippen LogP contribution in [0, 0.1) is 0 Å². The molecular formula is CH5O4P2+. The molecule has 0 aromatic carbocycles. The fraction of sp³-hybridized carbons (Fsp3) is 1.00. The standard InChI is InChI=1S/CH4O4P2/c1-6(2)5-7(3)4/h2H,1H3/p+1. The van der Waals surface area contributed by atoms with Crippen molar-refractivity contribution in [2.45, 2.75) is 0 Å². The highest BCUT2D eigenvalue weighted by atomic mass is 31.2. The molecule has 0 saturated heterocycles. The van der Waals surface area contributed by atoms with Crippen molar-refractivity contribution in [3.63, 3.8) is 0 Å². The molecule has 7 heavy (non-hydrogen) atoms. The number of hydrogen-bond donors (Lipinski definition) is 2. The normalized spacial score (nSPS) is 16.1. The van der Waals surface area contributed by atoms with Gasteiger partial charge in [-0.05, 0) is 0 Å². The highest BCUT2D eigenvalue weighted by molar-refractivity contribution is 7.54. The fourth-order valence-electron chi connectivity index (χ4n) is 0.101. The molecule has 0 bridgehead atoms. The third-order valence-corrected chi connectivity index (χ3v) is 1.69. The van der Waals surface area contributed by atoms with Gasteiger partial charge in [0.1, 0.15) is 0 Å². The molecule has 0 saturated carbocycles. The van der Waals surface area contributed by atoms with Gasteiger partial charge in [-0.1, -0.05) is 4.31 Å². The molecule has 0 heterocycles. The molecule has 0 aromatic heterocycles. The molecule has 0 aromatic rings. The lowest BCUT2D eigenvalue weighted by Gasteiger charge is -1.84. The Morgan fingerprint density at radius 1 is 1.86 bits per heavy atom. The van der Waals surface area contributed by atoms with Gasteiger partial charge in [0.05, 0.1) is 0 Å². The average molecular weight is 143 g/mol. The quantitative estimate of drug-likeness (QED) is 0.555. The van der Waals surface area contributed by atoms with Crippen LogP contribution in [0.3, 0.4) is 0 Å². The predicted molar refractivity (Wildman–Crippen MR) is 26.0 cm³/mol. The molecule has 0 rings (SSSR count). The lowest BCUT2D eigenvalue weighted by atomic mass is 12.0. The van der Waals surface area contributed by atoms with Crippen LogP contribution in [0.5, 0.6) is 0 Å². The maximum Gasteiger partial charge on any atom is 0.700 e. The van der Waals surface area contributed by atoms with Crippen LogP contribution in [-0.4, -0.2) is 16.5 Å². The van der Waals surface area contributed by atoms with Crippen LogP contribution >= 0.6 is 16.6 Å². The van der Waals surface area contributed by atoms with Crippen molar-refractivity contribution in [3.05, 3.63) is 0 Å². The molecule has 42 valence electrons. The van der Waals surface area contributed by atoms with Gasteiger partial charge in [0.25, 0.3) is 0 Å². The zero-order valence-electron chi connectivity index (χ0n) is 3.61. The van der Waals surface area contributed by atoms with Crippen molar-refractivity contribution in [1.29, 1.82) is 0 Å². The molecule has 0 amide bonds. The van der Waals surface area contributed by atoms with Gasteiger partial charge in [-0.25, -0.2) is 0 Å². The van der Waals surface area contributed by atoms with E-state index in [2.05, 4.69) is 4.31 Å². The van der Waals surface area contributed by atoms with Crippen LogP contribution in [0.2, 0.25) is 0 Å². The molecule has 0 spiro atoms. The van der Waals surface area contributed by atoms with Gasteiger partial charge in [-0.2, -0.15) is 0 Å². The minimum Gasteiger partial charge on any atom is -0.347 e. The summed E-state index contributed by atoms with van der Waals surface area (Å²) >= 11 is 0. The van der Waals surface area contributed by atoms with E-state index in [9.17, 15) is 4.57 Å². The monoisotopic (exact) mass is 143 g/mol. The van der Waals surface area contributed by atoms with E-state index >= 15 is 0 Å². The van der Waals surface area contributed by atoms with Gasteiger partial charge >= 0.3 is 8.25 Å². The van der Waals surface area contributed by atoms with Crippen molar-refractivity contribution in [1.82, 2.24) is 0 Å². The summed E-state index contributed by atoms with van der Waals surface area (Å²) in [6.45, 7) is 1.32. The molecule has 0 aliphatic heterocycles.